The van der Waals surface area contributed by atoms with Crippen LogP contribution in [-0.4, -0.2) is 27.4 Å². The molecule has 0 radical (unpaired) electrons. The van der Waals surface area contributed by atoms with Gasteiger partial charge in [0.05, 0.1) is 4.90 Å². The van der Waals surface area contributed by atoms with E-state index in [1.165, 1.54) is 13.0 Å². The quantitative estimate of drug-likeness (QED) is 0.880. The van der Waals surface area contributed by atoms with Crippen LogP contribution < -0.4 is 9.62 Å². The molecular weight excluding hydrogens is 356 g/mol. The summed E-state index contributed by atoms with van der Waals surface area (Å²) in [5, 5.41) is 0. The van der Waals surface area contributed by atoms with Gasteiger partial charge in [-0.05, 0) is 36.6 Å². The number of carbonyl (C=O) groups is 1. The average molecular weight is 373 g/mol. The highest BCUT2D eigenvalue weighted by atomic mass is 79.9. The topological polar surface area (TPSA) is 66.5 Å². The van der Waals surface area contributed by atoms with E-state index in [1.807, 2.05) is 0 Å². The van der Waals surface area contributed by atoms with Crippen LogP contribution in [0.4, 0.5) is 5.69 Å². The molecule has 1 heterocycles. The molecule has 1 N–H and O–H groups in total. The van der Waals surface area contributed by atoms with Crippen LogP contribution in [0.2, 0.25) is 0 Å². The molecule has 0 aromatic heterocycles. The molecule has 21 heavy (non-hydrogen) atoms. The first-order valence-corrected chi connectivity index (χ1v) is 8.83. The standard InChI is InChI=1S/C14H17BrN2O3S/c1-10(15)9-16-21(19,20)13-5-6-14-12(8-13)4-3-7-17(14)11(2)18/h5-6,8,16H,1,3-4,7,9H2,2H3. The molecule has 0 unspecified atom stereocenters. The Morgan fingerprint density at radius 3 is 2.81 bits per heavy atom. The zero-order valence-electron chi connectivity index (χ0n) is 11.7. The second-order valence-electron chi connectivity index (χ2n) is 4.91. The Morgan fingerprint density at radius 2 is 2.19 bits per heavy atom. The van der Waals surface area contributed by atoms with E-state index in [1.54, 1.807) is 17.0 Å². The van der Waals surface area contributed by atoms with Crippen molar-refractivity contribution in [3.63, 3.8) is 0 Å². The first-order chi connectivity index (χ1) is 9.81. The molecule has 0 saturated heterocycles. The van der Waals surface area contributed by atoms with Crippen molar-refractivity contribution in [2.24, 2.45) is 0 Å². The third-order valence-electron chi connectivity index (χ3n) is 3.31. The van der Waals surface area contributed by atoms with Crippen LogP contribution in [0.25, 0.3) is 0 Å². The summed E-state index contributed by atoms with van der Waals surface area (Å²) >= 11 is 3.12. The highest BCUT2D eigenvalue weighted by molar-refractivity contribution is 9.11. The lowest BCUT2D eigenvalue weighted by Crippen LogP contribution is -2.33. The second-order valence-corrected chi connectivity index (χ2v) is 7.79. The number of amides is 1. The van der Waals surface area contributed by atoms with Crippen molar-refractivity contribution in [2.75, 3.05) is 18.0 Å². The first kappa shape index (κ1) is 16.2. The number of hydrogen-bond acceptors (Lipinski definition) is 3. The van der Waals surface area contributed by atoms with Crippen molar-refractivity contribution in [2.45, 2.75) is 24.7 Å². The second kappa shape index (κ2) is 6.29. The number of rotatable bonds is 4. The van der Waals surface area contributed by atoms with Crippen LogP contribution in [-0.2, 0) is 21.2 Å². The lowest BCUT2D eigenvalue weighted by molar-refractivity contribution is -0.116. The molecule has 0 spiro atoms. The van der Waals surface area contributed by atoms with Crippen molar-refractivity contribution in [3.8, 4) is 0 Å². The molecule has 1 aromatic carbocycles. The SMILES string of the molecule is C=C(Br)CNS(=O)(=O)c1ccc2c(c1)CCCN2C(C)=O. The number of fused-ring (bicyclic) bond motifs is 1. The number of aryl methyl sites for hydroxylation is 1. The fraction of sp³-hybridized carbons (Fsp3) is 0.357. The molecule has 7 heteroatoms. The van der Waals surface area contributed by atoms with Gasteiger partial charge in [-0.3, -0.25) is 4.79 Å². The van der Waals surface area contributed by atoms with Gasteiger partial charge >= 0.3 is 0 Å². The number of halogens is 1. The molecule has 1 aliphatic rings. The Labute approximate surface area is 133 Å². The van der Waals surface area contributed by atoms with Gasteiger partial charge in [0.15, 0.2) is 0 Å². The Hall–Kier alpha value is -1.18. The monoisotopic (exact) mass is 372 g/mol. The van der Waals surface area contributed by atoms with Gasteiger partial charge in [0.2, 0.25) is 15.9 Å². The zero-order valence-corrected chi connectivity index (χ0v) is 14.1. The third-order valence-corrected chi connectivity index (χ3v) is 4.99. The fourth-order valence-corrected chi connectivity index (χ4v) is 3.73. The van der Waals surface area contributed by atoms with E-state index in [4.69, 9.17) is 0 Å². The molecule has 2 rings (SSSR count). The van der Waals surface area contributed by atoms with Crippen LogP contribution in [0.3, 0.4) is 0 Å². The Bertz CT molecular complexity index is 685. The van der Waals surface area contributed by atoms with Gasteiger partial charge < -0.3 is 4.90 Å². The third kappa shape index (κ3) is 3.72. The molecule has 1 aliphatic heterocycles. The maximum Gasteiger partial charge on any atom is 0.240 e. The van der Waals surface area contributed by atoms with Crippen LogP contribution in [0, 0.1) is 0 Å². The zero-order chi connectivity index (χ0) is 15.6. The molecule has 1 aromatic rings. The summed E-state index contributed by atoms with van der Waals surface area (Å²) < 4.78 is 27.4. The lowest BCUT2D eigenvalue weighted by Gasteiger charge is -2.28. The summed E-state index contributed by atoms with van der Waals surface area (Å²) in [6.45, 7) is 5.93. The van der Waals surface area contributed by atoms with Crippen LogP contribution in [0.5, 0.6) is 0 Å². The largest absolute Gasteiger partial charge is 0.312 e. The fourth-order valence-electron chi connectivity index (χ4n) is 2.32. The van der Waals surface area contributed by atoms with E-state index in [2.05, 4.69) is 27.2 Å². The summed E-state index contributed by atoms with van der Waals surface area (Å²) in [6.07, 6.45) is 1.61. The predicted octanol–water partition coefficient (Wildman–Crippen LogP) is 2.17. The van der Waals surface area contributed by atoms with Crippen molar-refractivity contribution in [1.82, 2.24) is 4.72 Å². The van der Waals surface area contributed by atoms with Crippen molar-refractivity contribution < 1.29 is 13.2 Å². The van der Waals surface area contributed by atoms with Gasteiger partial charge in [-0.1, -0.05) is 22.5 Å². The minimum Gasteiger partial charge on any atom is -0.312 e. The van der Waals surface area contributed by atoms with E-state index < -0.39 is 10.0 Å². The minimum absolute atomic E-state index is 0.0275. The summed E-state index contributed by atoms with van der Waals surface area (Å²) in [6, 6.07) is 4.87. The highest BCUT2D eigenvalue weighted by Crippen LogP contribution is 2.29. The molecule has 114 valence electrons. The predicted molar refractivity (Wildman–Crippen MR) is 86.0 cm³/mol. The number of nitrogens with one attached hydrogen (secondary N) is 1. The van der Waals surface area contributed by atoms with E-state index in [0.29, 0.717) is 11.0 Å². The van der Waals surface area contributed by atoms with Crippen molar-refractivity contribution >= 4 is 37.5 Å². The van der Waals surface area contributed by atoms with Crippen molar-refractivity contribution in [3.05, 3.63) is 34.8 Å². The molecule has 5 nitrogen and oxygen atoms in total. The van der Waals surface area contributed by atoms with E-state index in [0.717, 1.165) is 24.1 Å². The summed E-state index contributed by atoms with van der Waals surface area (Å²) in [5.41, 5.74) is 1.69. The summed E-state index contributed by atoms with van der Waals surface area (Å²) in [7, 11) is -3.57. The molecular formula is C14H17BrN2O3S. The van der Waals surface area contributed by atoms with Gasteiger partial charge in [-0.25, -0.2) is 13.1 Å². The highest BCUT2D eigenvalue weighted by Gasteiger charge is 2.22. The number of hydrogen-bond donors (Lipinski definition) is 1. The Balaban J connectivity index is 2.33. The first-order valence-electron chi connectivity index (χ1n) is 6.55. The summed E-state index contributed by atoms with van der Waals surface area (Å²) in [4.78, 5) is 13.5. The van der Waals surface area contributed by atoms with Gasteiger partial charge in [-0.15, -0.1) is 0 Å². The number of nitrogens with zero attached hydrogens (tertiary/aromatic N) is 1. The van der Waals surface area contributed by atoms with Crippen LogP contribution >= 0.6 is 15.9 Å². The van der Waals surface area contributed by atoms with Crippen LogP contribution in [0.15, 0.2) is 34.2 Å². The molecule has 0 bridgehead atoms. The van der Waals surface area contributed by atoms with Gasteiger partial charge in [0.1, 0.15) is 0 Å². The molecule has 1 amide bonds. The molecule has 0 aliphatic carbocycles. The molecule has 0 saturated carbocycles. The Kier molecular flexibility index (Phi) is 4.85. The van der Waals surface area contributed by atoms with Gasteiger partial charge in [0.25, 0.3) is 0 Å². The van der Waals surface area contributed by atoms with Crippen molar-refractivity contribution in [1.29, 1.82) is 0 Å². The Morgan fingerprint density at radius 1 is 1.48 bits per heavy atom. The van der Waals surface area contributed by atoms with E-state index in [9.17, 15) is 13.2 Å². The van der Waals surface area contributed by atoms with E-state index in [-0.39, 0.29) is 17.3 Å². The maximum atomic E-state index is 12.2. The van der Waals surface area contributed by atoms with Gasteiger partial charge in [-0.2, -0.15) is 0 Å². The normalized spacial score (nSPS) is 14.7. The lowest BCUT2D eigenvalue weighted by atomic mass is 10.0. The van der Waals surface area contributed by atoms with Gasteiger partial charge in [0, 0.05) is 30.2 Å². The average Bonchev–Trinajstić information content (AvgIpc) is 2.43. The van der Waals surface area contributed by atoms with Crippen LogP contribution in [0.1, 0.15) is 18.9 Å². The smallest absolute Gasteiger partial charge is 0.240 e. The minimum atomic E-state index is -3.57. The number of carbonyl (C=O) groups excluding carboxylic acids is 1. The number of sulfonamides is 1. The number of benzene rings is 1. The molecule has 0 fully saturated rings. The van der Waals surface area contributed by atoms with E-state index >= 15 is 0 Å². The maximum absolute atomic E-state index is 12.2. The number of anilines is 1. The summed E-state index contributed by atoms with van der Waals surface area (Å²) in [5.74, 6) is -0.0275. The molecule has 0 atom stereocenters.